The van der Waals surface area contributed by atoms with Gasteiger partial charge in [-0.2, -0.15) is 5.26 Å². The highest BCUT2D eigenvalue weighted by atomic mass is 32.1. The molecule has 0 atom stereocenters. The Labute approximate surface area is 85.6 Å². The van der Waals surface area contributed by atoms with Crippen molar-refractivity contribution in [2.45, 2.75) is 13.3 Å². The van der Waals surface area contributed by atoms with Crippen LogP contribution in [0.5, 0.6) is 0 Å². The molecule has 0 spiro atoms. The van der Waals surface area contributed by atoms with Crippen LogP contribution in [0, 0.1) is 30.1 Å². The Bertz CT molecular complexity index is 457. The number of carboxylic acid groups (broad SMARTS) is 1. The van der Waals surface area contributed by atoms with E-state index < -0.39 is 5.97 Å². The van der Waals surface area contributed by atoms with Crippen molar-refractivity contribution in [1.82, 2.24) is 0 Å². The normalized spacial score (nSPS) is 8.57. The molecule has 1 aromatic rings. The van der Waals surface area contributed by atoms with E-state index in [4.69, 9.17) is 10.4 Å². The van der Waals surface area contributed by atoms with Crippen LogP contribution < -0.4 is 0 Å². The van der Waals surface area contributed by atoms with Crippen LogP contribution >= 0.6 is 11.3 Å². The Kier molecular flexibility index (Phi) is 3.28. The molecule has 0 saturated carbocycles. The second kappa shape index (κ2) is 4.45. The number of hydrogen-bond acceptors (Lipinski definition) is 3. The van der Waals surface area contributed by atoms with Crippen LogP contribution in [0.3, 0.4) is 0 Å². The fourth-order valence-electron chi connectivity index (χ4n) is 0.876. The number of rotatable bonds is 1. The summed E-state index contributed by atoms with van der Waals surface area (Å²) >= 11 is 1.14. The average molecular weight is 205 g/mol. The fraction of sp³-hybridized carbons (Fsp3) is 0.200. The zero-order valence-electron chi connectivity index (χ0n) is 7.50. The van der Waals surface area contributed by atoms with Crippen LogP contribution in [0.4, 0.5) is 0 Å². The first-order valence-electron chi connectivity index (χ1n) is 3.84. The number of hydrogen-bond donors (Lipinski definition) is 1. The van der Waals surface area contributed by atoms with E-state index in [1.165, 1.54) is 0 Å². The van der Waals surface area contributed by atoms with Crippen LogP contribution in [-0.2, 0) is 0 Å². The lowest BCUT2D eigenvalue weighted by atomic mass is 10.2. The van der Waals surface area contributed by atoms with Gasteiger partial charge in [0.05, 0.1) is 17.4 Å². The van der Waals surface area contributed by atoms with Crippen molar-refractivity contribution in [3.8, 4) is 17.9 Å². The number of aromatic carboxylic acids is 1. The van der Waals surface area contributed by atoms with Crippen molar-refractivity contribution in [2.24, 2.45) is 0 Å². The van der Waals surface area contributed by atoms with Gasteiger partial charge in [0.25, 0.3) is 0 Å². The van der Waals surface area contributed by atoms with Gasteiger partial charge < -0.3 is 5.11 Å². The van der Waals surface area contributed by atoms with Crippen LogP contribution in [0.15, 0.2) is 6.07 Å². The first-order chi connectivity index (χ1) is 6.65. The first-order valence-corrected chi connectivity index (χ1v) is 4.66. The summed E-state index contributed by atoms with van der Waals surface area (Å²) in [7, 11) is 0. The molecule has 1 rings (SSSR count). The molecule has 0 radical (unpaired) electrons. The van der Waals surface area contributed by atoms with E-state index in [-0.39, 0.29) is 11.3 Å². The van der Waals surface area contributed by atoms with Gasteiger partial charge in [-0.1, -0.05) is 11.8 Å². The molecule has 0 unspecified atom stereocenters. The SMILES string of the molecule is Cc1cc(C(=O)O)sc1C#CCC#N. The minimum absolute atomic E-state index is 0.166. The maximum atomic E-state index is 10.6. The van der Waals surface area contributed by atoms with Gasteiger partial charge in [-0.05, 0) is 18.6 Å². The molecular weight excluding hydrogens is 198 g/mol. The topological polar surface area (TPSA) is 61.1 Å². The third-order valence-electron chi connectivity index (χ3n) is 1.50. The third-order valence-corrected chi connectivity index (χ3v) is 2.64. The molecule has 0 amide bonds. The summed E-state index contributed by atoms with van der Waals surface area (Å²) in [4.78, 5) is 11.6. The quantitative estimate of drug-likeness (QED) is 0.713. The summed E-state index contributed by atoms with van der Waals surface area (Å²) in [5, 5.41) is 17.0. The van der Waals surface area contributed by atoms with E-state index in [2.05, 4.69) is 11.8 Å². The van der Waals surface area contributed by atoms with E-state index >= 15 is 0 Å². The highest BCUT2D eigenvalue weighted by Gasteiger charge is 2.08. The summed E-state index contributed by atoms with van der Waals surface area (Å²) in [5.41, 5.74) is 0.845. The van der Waals surface area contributed by atoms with Crippen molar-refractivity contribution >= 4 is 17.3 Å². The van der Waals surface area contributed by atoms with Crippen LogP contribution in [0.25, 0.3) is 0 Å². The van der Waals surface area contributed by atoms with Gasteiger partial charge >= 0.3 is 5.97 Å². The summed E-state index contributed by atoms with van der Waals surface area (Å²) in [6.07, 6.45) is 0.166. The summed E-state index contributed by atoms with van der Waals surface area (Å²) in [6, 6.07) is 3.49. The molecule has 1 N–H and O–H groups in total. The van der Waals surface area contributed by atoms with E-state index in [1.54, 1.807) is 13.0 Å². The zero-order chi connectivity index (χ0) is 10.6. The van der Waals surface area contributed by atoms with E-state index in [1.807, 2.05) is 6.07 Å². The third kappa shape index (κ3) is 2.35. The highest BCUT2D eigenvalue weighted by molar-refractivity contribution is 7.14. The lowest BCUT2D eigenvalue weighted by Crippen LogP contribution is -1.89. The first kappa shape index (κ1) is 10.3. The molecule has 0 aliphatic heterocycles. The molecule has 14 heavy (non-hydrogen) atoms. The second-order valence-corrected chi connectivity index (χ2v) is 3.62. The van der Waals surface area contributed by atoms with Crippen molar-refractivity contribution in [2.75, 3.05) is 0 Å². The fourth-order valence-corrected chi connectivity index (χ4v) is 1.76. The van der Waals surface area contributed by atoms with Gasteiger partial charge in [0, 0.05) is 0 Å². The molecule has 0 aromatic carbocycles. The second-order valence-electron chi connectivity index (χ2n) is 2.56. The van der Waals surface area contributed by atoms with Gasteiger partial charge in [0.2, 0.25) is 0 Å². The summed E-state index contributed by atoms with van der Waals surface area (Å²) < 4.78 is 0. The largest absolute Gasteiger partial charge is 0.477 e. The van der Waals surface area contributed by atoms with Crippen molar-refractivity contribution in [3.05, 3.63) is 21.4 Å². The molecule has 0 saturated heterocycles. The number of carboxylic acids is 1. The molecule has 0 fully saturated rings. The summed E-state index contributed by atoms with van der Waals surface area (Å²) in [6.45, 7) is 1.80. The maximum Gasteiger partial charge on any atom is 0.345 e. The van der Waals surface area contributed by atoms with Crippen molar-refractivity contribution < 1.29 is 9.90 Å². The average Bonchev–Trinajstić information content (AvgIpc) is 2.49. The van der Waals surface area contributed by atoms with E-state index in [0.29, 0.717) is 0 Å². The number of carbonyl (C=O) groups is 1. The van der Waals surface area contributed by atoms with Crippen LogP contribution in [0.1, 0.15) is 26.5 Å². The van der Waals surface area contributed by atoms with Crippen molar-refractivity contribution in [3.63, 3.8) is 0 Å². The molecule has 0 aliphatic carbocycles. The van der Waals surface area contributed by atoms with Gasteiger partial charge in [0.1, 0.15) is 4.88 Å². The van der Waals surface area contributed by atoms with Crippen LogP contribution in [-0.4, -0.2) is 11.1 Å². The Hall–Kier alpha value is -1.78. The zero-order valence-corrected chi connectivity index (χ0v) is 8.31. The van der Waals surface area contributed by atoms with Gasteiger partial charge in [-0.15, -0.1) is 11.3 Å². The lowest BCUT2D eigenvalue weighted by Gasteiger charge is -1.81. The molecule has 4 heteroatoms. The Balaban J connectivity index is 2.96. The Morgan fingerprint density at radius 2 is 2.43 bits per heavy atom. The standard InChI is InChI=1S/C10H7NO2S/c1-7-6-9(10(12)13)14-8(7)4-2-3-5-11/h6H,3H2,1H3,(H,12,13). The number of thiophene rings is 1. The number of nitriles is 1. The van der Waals surface area contributed by atoms with E-state index in [0.717, 1.165) is 21.8 Å². The smallest absolute Gasteiger partial charge is 0.345 e. The van der Waals surface area contributed by atoms with Gasteiger partial charge in [-0.3, -0.25) is 0 Å². The maximum absolute atomic E-state index is 10.6. The minimum Gasteiger partial charge on any atom is -0.477 e. The van der Waals surface area contributed by atoms with Gasteiger partial charge in [-0.25, -0.2) is 4.79 Å². The molecule has 0 aliphatic rings. The number of nitrogens with zero attached hydrogens (tertiary/aromatic N) is 1. The minimum atomic E-state index is -0.938. The predicted molar refractivity (Wildman–Crippen MR) is 53.1 cm³/mol. The Morgan fingerprint density at radius 1 is 1.71 bits per heavy atom. The van der Waals surface area contributed by atoms with E-state index in [9.17, 15) is 4.79 Å². The molecule has 3 nitrogen and oxygen atoms in total. The molecule has 1 aromatic heterocycles. The van der Waals surface area contributed by atoms with Gasteiger partial charge in [0.15, 0.2) is 0 Å². The summed E-state index contributed by atoms with van der Waals surface area (Å²) in [5.74, 6) is 4.48. The van der Waals surface area contributed by atoms with Crippen LogP contribution in [0.2, 0.25) is 0 Å². The molecule has 1 heterocycles. The predicted octanol–water partition coefficient (Wildman–Crippen LogP) is 2.02. The highest BCUT2D eigenvalue weighted by Crippen LogP contribution is 2.20. The molecule has 0 bridgehead atoms. The molecule has 70 valence electrons. The number of aryl methyl sites for hydroxylation is 1. The molecular formula is C10H7NO2S. The monoisotopic (exact) mass is 205 g/mol. The lowest BCUT2D eigenvalue weighted by molar-refractivity contribution is 0.0702. The Morgan fingerprint density at radius 3 is 2.93 bits per heavy atom. The van der Waals surface area contributed by atoms with Crippen molar-refractivity contribution in [1.29, 1.82) is 5.26 Å².